The summed E-state index contributed by atoms with van der Waals surface area (Å²) in [6.45, 7) is 0. The van der Waals surface area contributed by atoms with Crippen molar-refractivity contribution in [1.29, 1.82) is 0 Å². The summed E-state index contributed by atoms with van der Waals surface area (Å²) in [7, 11) is 0. The van der Waals surface area contributed by atoms with Gasteiger partial charge in [0.15, 0.2) is 0 Å². The lowest BCUT2D eigenvalue weighted by molar-refractivity contribution is -0.261. The molecule has 0 fully saturated rings. The number of rotatable bonds is 0. The molecule has 0 aromatic carbocycles. The van der Waals surface area contributed by atoms with Crippen molar-refractivity contribution in [2.45, 2.75) is 17.8 Å². The Labute approximate surface area is 90.6 Å². The highest BCUT2D eigenvalue weighted by atomic mass is 127. The van der Waals surface area contributed by atoms with E-state index in [-0.39, 0.29) is 0 Å². The van der Waals surface area contributed by atoms with E-state index >= 15 is 0 Å². The molecule has 0 nitrogen and oxygen atoms in total. The Bertz CT molecular complexity index is 257. The van der Waals surface area contributed by atoms with Crippen LogP contribution in [0.5, 0.6) is 0 Å². The maximum Gasteiger partial charge on any atom is 0.381 e. The van der Waals surface area contributed by atoms with Crippen molar-refractivity contribution < 1.29 is 26.3 Å². The lowest BCUT2D eigenvalue weighted by atomic mass is 10.2. The van der Waals surface area contributed by atoms with Crippen molar-refractivity contribution >= 4 is 38.5 Å². The fourth-order valence-corrected chi connectivity index (χ4v) is 1.92. The lowest BCUT2D eigenvalue weighted by Crippen LogP contribution is -2.48. The Hall–Kier alpha value is 0.530. The number of hydrogen-bond acceptors (Lipinski definition) is 0. The largest absolute Gasteiger partial charge is 0.381 e. The maximum absolute atomic E-state index is 12.5. The molecule has 76 valence electrons. The topological polar surface area (TPSA) is 0 Å². The monoisotopic (exact) mass is 380 g/mol. The van der Waals surface area contributed by atoms with Crippen molar-refractivity contribution in [2.24, 2.45) is 0 Å². The molecule has 0 aliphatic heterocycles. The van der Waals surface area contributed by atoms with Gasteiger partial charge in [-0.1, -0.05) is 0 Å². The van der Waals surface area contributed by atoms with Crippen molar-refractivity contribution in [3.05, 3.63) is 8.06 Å². The summed E-state index contributed by atoms with van der Waals surface area (Å²) in [4.78, 5) is 0. The number of halogens is 8. The minimum Gasteiger partial charge on any atom is -0.193 e. The van der Waals surface area contributed by atoms with Crippen molar-refractivity contribution in [3.8, 4) is 0 Å². The molecule has 0 amide bonds. The summed E-state index contributed by atoms with van der Waals surface area (Å²) >= 11 is 2.81. The van der Waals surface area contributed by atoms with Crippen LogP contribution in [-0.4, -0.2) is 17.8 Å². The zero-order valence-electron chi connectivity index (χ0n) is 5.52. The Kier molecular flexibility index (Phi) is 2.47. The predicted octanol–water partition coefficient (Wildman–Crippen LogP) is 3.95. The fraction of sp³-hybridized carbons (Fsp3) is 0.600. The van der Waals surface area contributed by atoms with Gasteiger partial charge in [0.1, 0.15) is 0 Å². The Morgan fingerprint density at radius 2 is 1.31 bits per heavy atom. The van der Waals surface area contributed by atoms with Gasteiger partial charge in [0.25, 0.3) is 0 Å². The molecule has 1 aliphatic carbocycles. The summed E-state index contributed by atoms with van der Waals surface area (Å²) in [6.07, 6.45) is 0. The Morgan fingerprint density at radius 1 is 0.923 bits per heavy atom. The normalized spacial score (nSPS) is 29.5. The third-order valence-electron chi connectivity index (χ3n) is 1.53. The van der Waals surface area contributed by atoms with E-state index in [1.807, 2.05) is 15.9 Å². The predicted molar refractivity (Wildman–Crippen MR) is 44.8 cm³/mol. The van der Waals surface area contributed by atoms with Crippen LogP contribution in [0.4, 0.5) is 26.3 Å². The molecule has 8 heteroatoms. The summed E-state index contributed by atoms with van der Waals surface area (Å²) in [5, 5.41) is 0. The second-order valence-electron chi connectivity index (χ2n) is 2.35. The average molecular weight is 381 g/mol. The molecular weight excluding hydrogens is 381 g/mol. The highest BCUT2D eigenvalue weighted by Gasteiger charge is 2.79. The van der Waals surface area contributed by atoms with E-state index in [1.165, 1.54) is 0 Å². The SMILES string of the molecule is FC1(F)C(Br)=C(I)C(F)(F)C1(F)F. The van der Waals surface area contributed by atoms with Crippen LogP contribution in [0.25, 0.3) is 0 Å². The molecule has 0 aromatic heterocycles. The van der Waals surface area contributed by atoms with Crippen LogP contribution in [0.15, 0.2) is 8.06 Å². The highest BCUT2D eigenvalue weighted by Crippen LogP contribution is 2.62. The van der Waals surface area contributed by atoms with Gasteiger partial charge in [-0.2, -0.15) is 26.3 Å². The van der Waals surface area contributed by atoms with Gasteiger partial charge in [0, 0.05) is 0 Å². The molecule has 1 aliphatic rings. The first-order chi connectivity index (χ1) is 5.57. The first-order valence-corrected chi connectivity index (χ1v) is 4.63. The standard InChI is InChI=1S/C5BrF6I/c6-1-2(13)4(9,10)5(11,12)3(1,7)8. The number of allylic oxidation sites excluding steroid dienone is 2. The second-order valence-corrected chi connectivity index (χ2v) is 4.22. The Morgan fingerprint density at radius 3 is 1.38 bits per heavy atom. The second kappa shape index (κ2) is 2.77. The van der Waals surface area contributed by atoms with Crippen molar-refractivity contribution in [3.63, 3.8) is 0 Å². The van der Waals surface area contributed by atoms with E-state index in [1.54, 1.807) is 0 Å². The van der Waals surface area contributed by atoms with Gasteiger partial charge in [-0.05, 0) is 38.5 Å². The van der Waals surface area contributed by atoms with Gasteiger partial charge >= 0.3 is 17.8 Å². The fourth-order valence-electron chi connectivity index (χ4n) is 0.749. The average Bonchev–Trinajstić information content (AvgIpc) is 2.05. The molecule has 0 unspecified atom stereocenters. The molecule has 0 N–H and O–H groups in total. The van der Waals surface area contributed by atoms with Crippen LogP contribution in [0.2, 0.25) is 0 Å². The molecule has 13 heavy (non-hydrogen) atoms. The summed E-state index contributed by atoms with van der Waals surface area (Å²) in [6, 6.07) is 0. The summed E-state index contributed by atoms with van der Waals surface area (Å²) in [5.74, 6) is -15.0. The van der Waals surface area contributed by atoms with E-state index in [2.05, 4.69) is 0 Å². The molecule has 0 radical (unpaired) electrons. The van der Waals surface area contributed by atoms with Gasteiger partial charge in [-0.15, -0.1) is 0 Å². The molecule has 0 saturated heterocycles. The zero-order chi connectivity index (χ0) is 10.7. The van der Waals surface area contributed by atoms with Crippen LogP contribution in [0.3, 0.4) is 0 Å². The summed E-state index contributed by atoms with van der Waals surface area (Å²) in [5.41, 5.74) is 0. The smallest absolute Gasteiger partial charge is 0.193 e. The van der Waals surface area contributed by atoms with E-state index in [0.29, 0.717) is 0 Å². The van der Waals surface area contributed by atoms with Gasteiger partial charge in [-0.25, -0.2) is 0 Å². The molecule has 0 aromatic rings. The van der Waals surface area contributed by atoms with Crippen molar-refractivity contribution in [1.82, 2.24) is 0 Å². The van der Waals surface area contributed by atoms with Crippen LogP contribution in [0, 0.1) is 0 Å². The first kappa shape index (κ1) is 11.6. The molecule has 1 rings (SSSR count). The Balaban J connectivity index is 3.39. The van der Waals surface area contributed by atoms with E-state index in [4.69, 9.17) is 0 Å². The molecule has 0 atom stereocenters. The van der Waals surface area contributed by atoms with Crippen molar-refractivity contribution in [2.75, 3.05) is 0 Å². The molecule has 0 spiro atoms. The number of alkyl halides is 6. The van der Waals surface area contributed by atoms with Gasteiger partial charge in [-0.3, -0.25) is 0 Å². The first-order valence-electron chi connectivity index (χ1n) is 2.76. The van der Waals surface area contributed by atoms with Crippen LogP contribution in [0.1, 0.15) is 0 Å². The lowest BCUT2D eigenvalue weighted by Gasteiger charge is -2.24. The van der Waals surface area contributed by atoms with E-state index in [0.717, 1.165) is 22.6 Å². The van der Waals surface area contributed by atoms with Crippen LogP contribution < -0.4 is 0 Å². The third kappa shape index (κ3) is 1.17. The molecule has 0 bridgehead atoms. The van der Waals surface area contributed by atoms with E-state index < -0.39 is 25.8 Å². The minimum atomic E-state index is -5.37. The third-order valence-corrected chi connectivity index (χ3v) is 4.39. The summed E-state index contributed by atoms with van der Waals surface area (Å²) < 4.78 is 72.2. The quantitative estimate of drug-likeness (QED) is 0.441. The zero-order valence-corrected chi connectivity index (χ0v) is 9.27. The highest BCUT2D eigenvalue weighted by molar-refractivity contribution is 14.1. The van der Waals surface area contributed by atoms with Crippen LogP contribution in [-0.2, 0) is 0 Å². The number of hydrogen-bond donors (Lipinski definition) is 0. The molecule has 0 saturated carbocycles. The minimum absolute atomic E-state index is 0.774. The maximum atomic E-state index is 12.5. The van der Waals surface area contributed by atoms with Gasteiger partial charge in [0.05, 0.1) is 8.06 Å². The van der Waals surface area contributed by atoms with Crippen LogP contribution >= 0.6 is 38.5 Å². The molecule has 0 heterocycles. The van der Waals surface area contributed by atoms with Gasteiger partial charge in [0.2, 0.25) is 0 Å². The van der Waals surface area contributed by atoms with E-state index in [9.17, 15) is 26.3 Å². The molecular formula is C5BrF6I. The van der Waals surface area contributed by atoms with Gasteiger partial charge < -0.3 is 0 Å².